The van der Waals surface area contributed by atoms with Gasteiger partial charge in [-0.1, -0.05) is 25.1 Å². The number of ether oxygens (including phenoxy) is 2. The molecular formula is C20H26N2O4. The van der Waals surface area contributed by atoms with Crippen LogP contribution < -0.4 is 14.8 Å². The maximum atomic E-state index is 11.8. The van der Waals surface area contributed by atoms with Crippen LogP contribution in [0.4, 0.5) is 10.5 Å². The predicted molar refractivity (Wildman–Crippen MR) is 102 cm³/mol. The molecule has 0 bridgehead atoms. The molecule has 0 atom stereocenters. The first-order chi connectivity index (χ1) is 12.6. The van der Waals surface area contributed by atoms with Crippen molar-refractivity contribution in [1.82, 2.24) is 5.06 Å². The second-order valence-electron chi connectivity index (χ2n) is 5.73. The number of anilines is 1. The summed E-state index contributed by atoms with van der Waals surface area (Å²) in [5, 5.41) is 3.84. The van der Waals surface area contributed by atoms with E-state index < -0.39 is 0 Å². The number of carbonyl (C=O) groups is 1. The van der Waals surface area contributed by atoms with Gasteiger partial charge in [-0.15, -0.1) is 0 Å². The van der Waals surface area contributed by atoms with Crippen molar-refractivity contribution < 1.29 is 19.1 Å². The van der Waals surface area contributed by atoms with Crippen molar-refractivity contribution in [3.8, 4) is 11.5 Å². The summed E-state index contributed by atoms with van der Waals surface area (Å²) in [6.45, 7) is 3.36. The van der Waals surface area contributed by atoms with Crippen molar-refractivity contribution in [2.45, 2.75) is 19.8 Å². The molecule has 0 aliphatic carbocycles. The summed E-state index contributed by atoms with van der Waals surface area (Å²) in [5.41, 5.74) is 1.83. The number of urea groups is 1. The summed E-state index contributed by atoms with van der Waals surface area (Å²) in [5.74, 6) is 1.59. The van der Waals surface area contributed by atoms with Crippen LogP contribution in [-0.4, -0.2) is 38.5 Å². The van der Waals surface area contributed by atoms with E-state index in [0.717, 1.165) is 30.3 Å². The van der Waals surface area contributed by atoms with Crippen molar-refractivity contribution in [2.75, 3.05) is 32.7 Å². The molecule has 0 fully saturated rings. The average molecular weight is 358 g/mol. The first kappa shape index (κ1) is 19.6. The highest BCUT2D eigenvalue weighted by Crippen LogP contribution is 2.18. The van der Waals surface area contributed by atoms with Crippen molar-refractivity contribution >= 4 is 11.7 Å². The Morgan fingerprint density at radius 2 is 1.77 bits per heavy atom. The zero-order valence-corrected chi connectivity index (χ0v) is 15.5. The zero-order valence-electron chi connectivity index (χ0n) is 15.5. The number of nitrogens with zero attached hydrogens (tertiary/aromatic N) is 1. The van der Waals surface area contributed by atoms with E-state index in [1.807, 2.05) is 36.4 Å². The van der Waals surface area contributed by atoms with Crippen molar-refractivity contribution in [1.29, 1.82) is 0 Å². The summed E-state index contributed by atoms with van der Waals surface area (Å²) in [6.07, 6.45) is 1.79. The quantitative estimate of drug-likeness (QED) is 0.685. The molecule has 6 nitrogen and oxygen atoms in total. The van der Waals surface area contributed by atoms with E-state index in [-0.39, 0.29) is 6.03 Å². The number of hydroxylamine groups is 2. The van der Waals surface area contributed by atoms with Crippen molar-refractivity contribution in [2.24, 2.45) is 0 Å². The Balaban J connectivity index is 1.82. The number of hydrogen-bond acceptors (Lipinski definition) is 4. The van der Waals surface area contributed by atoms with Gasteiger partial charge in [0.05, 0.1) is 20.3 Å². The van der Waals surface area contributed by atoms with Crippen LogP contribution in [0.1, 0.15) is 18.9 Å². The highest BCUT2D eigenvalue weighted by Gasteiger charge is 2.08. The summed E-state index contributed by atoms with van der Waals surface area (Å²) in [7, 11) is 2.97. The van der Waals surface area contributed by atoms with Crippen LogP contribution in [0.3, 0.4) is 0 Å². The van der Waals surface area contributed by atoms with Gasteiger partial charge in [0.15, 0.2) is 0 Å². The first-order valence-corrected chi connectivity index (χ1v) is 8.65. The van der Waals surface area contributed by atoms with Crippen LogP contribution in [-0.2, 0) is 11.3 Å². The molecule has 140 valence electrons. The van der Waals surface area contributed by atoms with E-state index >= 15 is 0 Å². The van der Waals surface area contributed by atoms with Crippen LogP contribution in [0.25, 0.3) is 0 Å². The van der Waals surface area contributed by atoms with Gasteiger partial charge in [-0.2, -0.15) is 0 Å². The molecule has 0 unspecified atom stereocenters. The van der Waals surface area contributed by atoms with Gasteiger partial charge < -0.3 is 14.8 Å². The van der Waals surface area contributed by atoms with Gasteiger partial charge in [-0.25, -0.2) is 9.86 Å². The third-order valence-corrected chi connectivity index (χ3v) is 3.70. The number of hydrogen-bond donors (Lipinski definition) is 1. The molecule has 6 heteroatoms. The molecule has 0 heterocycles. The minimum Gasteiger partial charge on any atom is -0.494 e. The Morgan fingerprint density at radius 3 is 2.46 bits per heavy atom. The molecule has 0 saturated heterocycles. The molecule has 0 radical (unpaired) electrons. The van der Waals surface area contributed by atoms with E-state index in [2.05, 4.69) is 12.2 Å². The lowest BCUT2D eigenvalue weighted by molar-refractivity contribution is -0.0598. The molecule has 2 aromatic rings. The number of rotatable bonds is 9. The Bertz CT molecular complexity index is 688. The SMILES string of the molecule is CCCOc1ccc(CCOc2cccc(NC(=O)N(C)OC)c2)cc1. The van der Waals surface area contributed by atoms with Gasteiger partial charge in [0.2, 0.25) is 0 Å². The summed E-state index contributed by atoms with van der Waals surface area (Å²) in [6, 6.07) is 15.0. The molecule has 0 saturated carbocycles. The fourth-order valence-corrected chi connectivity index (χ4v) is 2.21. The Labute approximate surface area is 154 Å². The van der Waals surface area contributed by atoms with Gasteiger partial charge in [0.1, 0.15) is 11.5 Å². The number of nitrogens with one attached hydrogen (secondary N) is 1. The zero-order chi connectivity index (χ0) is 18.8. The van der Waals surface area contributed by atoms with Crippen LogP contribution >= 0.6 is 0 Å². The standard InChI is InChI=1S/C20H26N2O4/c1-4-13-25-18-10-8-16(9-11-18)12-14-26-19-7-5-6-17(15-19)21-20(23)22(2)24-3/h5-11,15H,4,12-14H2,1-3H3,(H,21,23). The molecule has 26 heavy (non-hydrogen) atoms. The second kappa shape index (κ2) is 10.3. The number of benzene rings is 2. The molecule has 0 aliphatic heterocycles. The van der Waals surface area contributed by atoms with Gasteiger partial charge in [-0.05, 0) is 36.2 Å². The summed E-state index contributed by atoms with van der Waals surface area (Å²) >= 11 is 0. The van der Waals surface area contributed by atoms with Gasteiger partial charge in [0, 0.05) is 25.2 Å². The average Bonchev–Trinajstić information content (AvgIpc) is 2.67. The van der Waals surface area contributed by atoms with Crippen molar-refractivity contribution in [3.63, 3.8) is 0 Å². The smallest absolute Gasteiger partial charge is 0.345 e. The van der Waals surface area contributed by atoms with Crippen LogP contribution in [0, 0.1) is 0 Å². The lowest BCUT2D eigenvalue weighted by Crippen LogP contribution is -2.30. The van der Waals surface area contributed by atoms with Crippen LogP contribution in [0.15, 0.2) is 48.5 Å². The normalized spacial score (nSPS) is 10.3. The maximum Gasteiger partial charge on any atom is 0.345 e. The highest BCUT2D eigenvalue weighted by atomic mass is 16.7. The lowest BCUT2D eigenvalue weighted by atomic mass is 10.1. The summed E-state index contributed by atoms with van der Waals surface area (Å²) in [4.78, 5) is 16.6. The number of carbonyl (C=O) groups excluding carboxylic acids is 1. The summed E-state index contributed by atoms with van der Waals surface area (Å²) < 4.78 is 11.4. The molecule has 0 aromatic heterocycles. The third-order valence-electron chi connectivity index (χ3n) is 3.70. The van der Waals surface area contributed by atoms with Crippen LogP contribution in [0.2, 0.25) is 0 Å². The molecule has 2 aromatic carbocycles. The van der Waals surface area contributed by atoms with Crippen LogP contribution in [0.5, 0.6) is 11.5 Å². The minimum atomic E-state index is -0.352. The molecule has 2 rings (SSSR count). The van der Waals surface area contributed by atoms with Crippen molar-refractivity contribution in [3.05, 3.63) is 54.1 Å². The highest BCUT2D eigenvalue weighted by molar-refractivity contribution is 5.88. The van der Waals surface area contributed by atoms with Gasteiger partial charge in [0.25, 0.3) is 0 Å². The maximum absolute atomic E-state index is 11.8. The Morgan fingerprint density at radius 1 is 1.04 bits per heavy atom. The first-order valence-electron chi connectivity index (χ1n) is 8.65. The van der Waals surface area contributed by atoms with E-state index in [1.165, 1.54) is 19.7 Å². The fourth-order valence-electron chi connectivity index (χ4n) is 2.21. The topological polar surface area (TPSA) is 60.0 Å². The largest absolute Gasteiger partial charge is 0.494 e. The minimum absolute atomic E-state index is 0.352. The fraction of sp³-hybridized carbons (Fsp3) is 0.350. The Hall–Kier alpha value is -2.73. The lowest BCUT2D eigenvalue weighted by Gasteiger charge is -2.15. The van der Waals surface area contributed by atoms with E-state index in [9.17, 15) is 4.79 Å². The Kier molecular flexibility index (Phi) is 7.76. The van der Waals surface area contributed by atoms with Gasteiger partial charge >= 0.3 is 6.03 Å². The van der Waals surface area contributed by atoms with E-state index in [1.54, 1.807) is 12.1 Å². The molecule has 0 spiro atoms. The van der Waals surface area contributed by atoms with Gasteiger partial charge in [-0.3, -0.25) is 4.84 Å². The van der Waals surface area contributed by atoms with E-state index in [4.69, 9.17) is 14.3 Å². The monoisotopic (exact) mass is 358 g/mol. The molecule has 2 amide bonds. The molecular weight excluding hydrogens is 332 g/mol. The molecule has 1 N–H and O–H groups in total. The molecule has 0 aliphatic rings. The number of amides is 2. The third kappa shape index (κ3) is 6.29. The predicted octanol–water partition coefficient (Wildman–Crippen LogP) is 4.12. The van der Waals surface area contributed by atoms with E-state index in [0.29, 0.717) is 18.0 Å². The second-order valence-corrected chi connectivity index (χ2v) is 5.73.